The molecule has 0 radical (unpaired) electrons. The average molecular weight is 272 g/mol. The first-order chi connectivity index (χ1) is 8.99. The highest BCUT2D eigenvalue weighted by Gasteiger charge is 2.44. The molecule has 2 rings (SSSR count). The first kappa shape index (κ1) is 13.9. The Morgan fingerprint density at radius 3 is 2.58 bits per heavy atom. The van der Waals surface area contributed by atoms with Gasteiger partial charge in [0.15, 0.2) is 0 Å². The van der Waals surface area contributed by atoms with Gasteiger partial charge in [-0.1, -0.05) is 0 Å². The molecule has 4 N–H and O–H groups in total. The third-order valence-electron chi connectivity index (χ3n) is 3.23. The van der Waals surface area contributed by atoms with Crippen LogP contribution >= 0.6 is 0 Å². The molecule has 0 aromatic carbocycles. The van der Waals surface area contributed by atoms with Gasteiger partial charge in [0, 0.05) is 12.7 Å². The molecule has 4 atom stereocenters. The van der Waals surface area contributed by atoms with E-state index in [2.05, 4.69) is 4.98 Å². The van der Waals surface area contributed by atoms with E-state index in [-0.39, 0.29) is 5.56 Å². The first-order valence-corrected chi connectivity index (χ1v) is 5.95. The second-order valence-corrected chi connectivity index (χ2v) is 4.39. The largest absolute Gasteiger partial charge is 0.394 e. The Labute approximate surface area is 107 Å². The van der Waals surface area contributed by atoms with Crippen LogP contribution in [0.4, 0.5) is 0 Å². The Morgan fingerprint density at radius 1 is 1.37 bits per heavy atom. The molecule has 8 heteroatoms. The molecule has 0 spiro atoms. The molecule has 2 heterocycles. The second kappa shape index (κ2) is 5.25. The summed E-state index contributed by atoms with van der Waals surface area (Å²) in [6, 6.07) is 0. The molecule has 0 saturated carbocycles. The van der Waals surface area contributed by atoms with Crippen molar-refractivity contribution in [2.75, 3.05) is 6.61 Å². The molecule has 0 amide bonds. The van der Waals surface area contributed by atoms with E-state index in [1.807, 2.05) is 0 Å². The van der Waals surface area contributed by atoms with Crippen LogP contribution in [0.2, 0.25) is 0 Å². The third-order valence-corrected chi connectivity index (χ3v) is 3.23. The van der Waals surface area contributed by atoms with E-state index in [9.17, 15) is 19.8 Å². The molecule has 0 bridgehead atoms. The van der Waals surface area contributed by atoms with E-state index in [4.69, 9.17) is 9.84 Å². The fraction of sp³-hybridized carbons (Fsp3) is 0.636. The minimum atomic E-state index is -1.33. The summed E-state index contributed by atoms with van der Waals surface area (Å²) in [5.41, 5.74) is -1.18. The highest BCUT2D eigenvalue weighted by molar-refractivity contribution is 5.14. The molecule has 106 valence electrons. The Hall–Kier alpha value is -1.48. The van der Waals surface area contributed by atoms with Gasteiger partial charge in [0.2, 0.25) is 0 Å². The molecule has 1 saturated heterocycles. The standard InChI is InChI=1S/C11H16N2O6/c1-2-13-3-5(10(17)12-11(13)18)9-8(16)7(15)6(4-14)19-9/h3,6-9,14-16H,2,4H2,1H3,(H,12,17,18). The normalized spacial score (nSPS) is 30.7. The predicted octanol–water partition coefficient (Wildman–Crippen LogP) is -2.29. The van der Waals surface area contributed by atoms with Crippen molar-refractivity contribution in [1.82, 2.24) is 9.55 Å². The number of rotatable bonds is 3. The lowest BCUT2D eigenvalue weighted by Crippen LogP contribution is -2.35. The maximum atomic E-state index is 11.7. The van der Waals surface area contributed by atoms with Gasteiger partial charge in [0.05, 0.1) is 12.2 Å². The summed E-state index contributed by atoms with van der Waals surface area (Å²) in [6.45, 7) is 1.60. The lowest BCUT2D eigenvalue weighted by Gasteiger charge is -2.15. The number of aromatic amines is 1. The van der Waals surface area contributed by atoms with Crippen molar-refractivity contribution in [3.05, 3.63) is 32.6 Å². The molecule has 8 nitrogen and oxygen atoms in total. The average Bonchev–Trinajstić information content (AvgIpc) is 2.67. The molecule has 19 heavy (non-hydrogen) atoms. The summed E-state index contributed by atoms with van der Waals surface area (Å²) in [4.78, 5) is 25.3. The van der Waals surface area contributed by atoms with E-state index >= 15 is 0 Å². The topological polar surface area (TPSA) is 125 Å². The van der Waals surface area contributed by atoms with Crippen LogP contribution < -0.4 is 11.2 Å². The number of H-pyrrole nitrogens is 1. The lowest BCUT2D eigenvalue weighted by molar-refractivity contribution is -0.0233. The third kappa shape index (κ3) is 2.35. The molecule has 1 fully saturated rings. The van der Waals surface area contributed by atoms with E-state index in [1.54, 1.807) is 6.92 Å². The number of nitrogens with one attached hydrogen (secondary N) is 1. The number of aryl methyl sites for hydroxylation is 1. The van der Waals surface area contributed by atoms with Gasteiger partial charge in [-0.15, -0.1) is 0 Å². The zero-order valence-corrected chi connectivity index (χ0v) is 10.3. The van der Waals surface area contributed by atoms with Crippen LogP contribution in [0.3, 0.4) is 0 Å². The van der Waals surface area contributed by atoms with Gasteiger partial charge in [-0.05, 0) is 6.92 Å². The fourth-order valence-corrected chi connectivity index (χ4v) is 2.12. The molecule has 1 aliphatic rings. The minimum Gasteiger partial charge on any atom is -0.394 e. The molecule has 4 unspecified atom stereocenters. The second-order valence-electron chi connectivity index (χ2n) is 4.39. The number of nitrogens with zero attached hydrogens (tertiary/aromatic N) is 1. The molecule has 1 aliphatic heterocycles. The Morgan fingerprint density at radius 2 is 2.05 bits per heavy atom. The van der Waals surface area contributed by atoms with Gasteiger partial charge in [-0.2, -0.15) is 0 Å². The van der Waals surface area contributed by atoms with Gasteiger partial charge in [-0.25, -0.2) is 4.79 Å². The van der Waals surface area contributed by atoms with Crippen LogP contribution in [0, 0.1) is 0 Å². The number of ether oxygens (including phenoxy) is 1. The predicted molar refractivity (Wildman–Crippen MR) is 63.7 cm³/mol. The van der Waals surface area contributed by atoms with Crippen molar-refractivity contribution in [1.29, 1.82) is 0 Å². The lowest BCUT2D eigenvalue weighted by atomic mass is 10.0. The van der Waals surface area contributed by atoms with Crippen molar-refractivity contribution in [2.24, 2.45) is 0 Å². The molecular weight excluding hydrogens is 256 g/mol. The van der Waals surface area contributed by atoms with Crippen LogP contribution in [-0.2, 0) is 11.3 Å². The van der Waals surface area contributed by atoms with Gasteiger partial charge in [0.1, 0.15) is 24.4 Å². The van der Waals surface area contributed by atoms with Crippen molar-refractivity contribution < 1.29 is 20.1 Å². The highest BCUT2D eigenvalue weighted by Crippen LogP contribution is 2.31. The monoisotopic (exact) mass is 272 g/mol. The van der Waals surface area contributed by atoms with E-state index in [0.29, 0.717) is 6.54 Å². The molecule has 1 aromatic heterocycles. The first-order valence-electron chi connectivity index (χ1n) is 5.95. The molecule has 0 aliphatic carbocycles. The van der Waals surface area contributed by atoms with Crippen LogP contribution in [-0.4, -0.2) is 49.8 Å². The maximum Gasteiger partial charge on any atom is 0.328 e. The fourth-order valence-electron chi connectivity index (χ4n) is 2.12. The van der Waals surface area contributed by atoms with Crippen LogP contribution in [0.5, 0.6) is 0 Å². The number of hydrogen-bond donors (Lipinski definition) is 4. The van der Waals surface area contributed by atoms with Gasteiger partial charge >= 0.3 is 5.69 Å². The molecule has 1 aromatic rings. The van der Waals surface area contributed by atoms with Gasteiger partial charge in [0.25, 0.3) is 5.56 Å². The summed E-state index contributed by atoms with van der Waals surface area (Å²) in [6.07, 6.45) is -3.35. The number of aliphatic hydroxyl groups excluding tert-OH is 3. The number of aliphatic hydroxyl groups is 3. The van der Waals surface area contributed by atoms with Crippen molar-refractivity contribution >= 4 is 0 Å². The number of aromatic nitrogens is 2. The molecular formula is C11H16N2O6. The minimum absolute atomic E-state index is 0.0453. The van der Waals surface area contributed by atoms with Gasteiger partial charge < -0.3 is 24.6 Å². The Kier molecular flexibility index (Phi) is 3.85. The Balaban J connectivity index is 2.43. The zero-order valence-electron chi connectivity index (χ0n) is 10.3. The summed E-state index contributed by atoms with van der Waals surface area (Å²) in [5.74, 6) is 0. The summed E-state index contributed by atoms with van der Waals surface area (Å²) < 4.78 is 6.51. The van der Waals surface area contributed by atoms with E-state index in [1.165, 1.54) is 10.8 Å². The smallest absolute Gasteiger partial charge is 0.328 e. The van der Waals surface area contributed by atoms with Crippen molar-refractivity contribution in [3.8, 4) is 0 Å². The van der Waals surface area contributed by atoms with Crippen LogP contribution in [0.1, 0.15) is 18.6 Å². The summed E-state index contributed by atoms with van der Waals surface area (Å²) in [7, 11) is 0. The number of hydrogen-bond acceptors (Lipinski definition) is 6. The van der Waals surface area contributed by atoms with Crippen molar-refractivity contribution in [2.45, 2.75) is 37.9 Å². The van der Waals surface area contributed by atoms with E-state index < -0.39 is 42.3 Å². The Bertz CT molecular complexity index is 565. The quantitative estimate of drug-likeness (QED) is 0.491. The van der Waals surface area contributed by atoms with Crippen LogP contribution in [0.15, 0.2) is 15.8 Å². The zero-order chi connectivity index (χ0) is 14.2. The van der Waals surface area contributed by atoms with Crippen LogP contribution in [0.25, 0.3) is 0 Å². The highest BCUT2D eigenvalue weighted by atomic mass is 16.6. The van der Waals surface area contributed by atoms with E-state index in [0.717, 1.165) is 0 Å². The van der Waals surface area contributed by atoms with Gasteiger partial charge in [-0.3, -0.25) is 9.78 Å². The summed E-state index contributed by atoms with van der Waals surface area (Å²) >= 11 is 0. The summed E-state index contributed by atoms with van der Waals surface area (Å²) in [5, 5.41) is 28.5. The SMILES string of the molecule is CCn1cc(C2OC(CO)C(O)C2O)c(=O)[nH]c1=O. The maximum absolute atomic E-state index is 11.7. The van der Waals surface area contributed by atoms with Crippen molar-refractivity contribution in [3.63, 3.8) is 0 Å².